The third-order valence-electron chi connectivity index (χ3n) is 14.3. The summed E-state index contributed by atoms with van der Waals surface area (Å²) in [6.45, 7) is 16.2. The standard InChI is InChI=1S/C48H50N6O5/c1-27(55)34(41(58)59)24-28-8-14-31(15-9-28)49-42-52-43(50-32-16-10-29(11-17-32)25-35-37-20-22-47(6,39(35)56)45(37,2)3)54-44(53-42)51-33-18-12-30(13-19-33)26-36-38-21-23-48(7,40(36)57)46(38,4)5/h8-19,24-26,37-38,55H,1,20-23H2,2-7H3,(H,58,59)(H3,49,50,51,52,53,54)/p-2/b34-24-,35-25+,36-26+. The van der Waals surface area contributed by atoms with Gasteiger partial charge in [-0.2, -0.15) is 15.0 Å². The van der Waals surface area contributed by atoms with Crippen molar-refractivity contribution in [3.63, 3.8) is 0 Å². The van der Waals surface area contributed by atoms with Crippen molar-refractivity contribution in [2.24, 2.45) is 33.5 Å². The van der Waals surface area contributed by atoms with Crippen molar-refractivity contribution in [2.75, 3.05) is 16.0 Å². The number of aliphatic carboxylic acids is 1. The molecule has 4 unspecified atom stereocenters. The van der Waals surface area contributed by atoms with Gasteiger partial charge in [-0.15, -0.1) is 12.3 Å². The molecule has 0 radical (unpaired) electrons. The third kappa shape index (κ3) is 6.72. The van der Waals surface area contributed by atoms with Crippen molar-refractivity contribution in [2.45, 2.75) is 67.2 Å². The van der Waals surface area contributed by atoms with Crippen molar-refractivity contribution in [3.8, 4) is 0 Å². The number of allylic oxidation sites excluding steroid dienone is 2. The summed E-state index contributed by atoms with van der Waals surface area (Å²) in [6, 6.07) is 22.2. The number of hydrogen-bond acceptors (Lipinski definition) is 11. The molecule has 11 heteroatoms. The molecule has 4 aliphatic carbocycles. The van der Waals surface area contributed by atoms with Gasteiger partial charge in [-0.3, -0.25) is 9.59 Å². The van der Waals surface area contributed by atoms with E-state index in [0.29, 0.717) is 11.3 Å². The van der Waals surface area contributed by atoms with Crippen LogP contribution in [0.5, 0.6) is 0 Å². The highest BCUT2D eigenvalue weighted by atomic mass is 16.4. The maximum Gasteiger partial charge on any atom is 0.233 e. The predicted octanol–water partition coefficient (Wildman–Crippen LogP) is 7.93. The normalized spacial score (nSPS) is 26.4. The lowest BCUT2D eigenvalue weighted by atomic mass is 9.70. The Balaban J connectivity index is 1.04. The van der Waals surface area contributed by atoms with E-state index in [-0.39, 0.29) is 62.9 Å². The van der Waals surface area contributed by atoms with E-state index in [0.717, 1.165) is 59.3 Å². The van der Waals surface area contributed by atoms with E-state index in [1.807, 2.05) is 60.7 Å². The molecule has 3 aromatic carbocycles. The third-order valence-corrected chi connectivity index (χ3v) is 14.3. The number of benzene rings is 3. The second-order valence-electron chi connectivity index (χ2n) is 18.0. The minimum absolute atomic E-state index is 0.0628. The van der Waals surface area contributed by atoms with Gasteiger partial charge in [0.2, 0.25) is 17.8 Å². The molecule has 4 fully saturated rings. The molecule has 4 aromatic rings. The number of nitrogens with zero attached hydrogens (tertiary/aromatic N) is 3. The van der Waals surface area contributed by atoms with Crippen LogP contribution in [0.25, 0.3) is 18.2 Å². The molecule has 59 heavy (non-hydrogen) atoms. The second-order valence-corrected chi connectivity index (χ2v) is 18.0. The van der Waals surface area contributed by atoms with Crippen molar-refractivity contribution < 1.29 is 24.6 Å². The summed E-state index contributed by atoms with van der Waals surface area (Å²) in [5.74, 6) is -0.694. The van der Waals surface area contributed by atoms with Gasteiger partial charge in [-0.25, -0.2) is 0 Å². The molecule has 8 rings (SSSR count). The lowest BCUT2D eigenvalue weighted by Crippen LogP contribution is -2.32. The van der Waals surface area contributed by atoms with Gasteiger partial charge in [0, 0.05) is 27.9 Å². The zero-order chi connectivity index (χ0) is 42.1. The molecule has 11 nitrogen and oxygen atoms in total. The predicted molar refractivity (Wildman–Crippen MR) is 226 cm³/mol. The van der Waals surface area contributed by atoms with Gasteiger partial charge >= 0.3 is 0 Å². The fraction of sp³-hybridized carbons (Fsp3) is 0.333. The van der Waals surface area contributed by atoms with E-state index >= 15 is 0 Å². The Morgan fingerprint density at radius 3 is 1.24 bits per heavy atom. The van der Waals surface area contributed by atoms with Gasteiger partial charge in [0.05, 0.1) is 5.97 Å². The maximum atomic E-state index is 13.4. The quantitative estimate of drug-likeness (QED) is 0.0766. The molecular formula is C48H48N6O5-2. The Kier molecular flexibility index (Phi) is 9.48. The zero-order valence-corrected chi connectivity index (χ0v) is 34.2. The lowest BCUT2D eigenvalue weighted by Gasteiger charge is -2.31. The van der Waals surface area contributed by atoms with E-state index in [1.165, 1.54) is 6.08 Å². The second kappa shape index (κ2) is 14.2. The summed E-state index contributed by atoms with van der Waals surface area (Å²) < 4.78 is 0. The van der Waals surface area contributed by atoms with E-state index in [1.54, 1.807) is 24.3 Å². The lowest BCUT2D eigenvalue weighted by molar-refractivity contribution is -0.313. The summed E-state index contributed by atoms with van der Waals surface area (Å²) in [7, 11) is 0. The number of carbonyl (C=O) groups excluding carboxylic acids is 3. The number of rotatable bonds is 11. The highest BCUT2D eigenvalue weighted by Crippen LogP contribution is 2.66. The Hall–Kier alpha value is -6.36. The van der Waals surface area contributed by atoms with Crippen LogP contribution in [0.4, 0.5) is 34.9 Å². The molecule has 4 bridgehead atoms. The number of fused-ring (bicyclic) bond motifs is 4. The Morgan fingerprint density at radius 1 is 0.610 bits per heavy atom. The van der Waals surface area contributed by atoms with Crippen LogP contribution in [0.3, 0.4) is 0 Å². The molecule has 0 aliphatic heterocycles. The highest BCUT2D eigenvalue weighted by molar-refractivity contribution is 6.08. The Labute approximate surface area is 344 Å². The van der Waals surface area contributed by atoms with E-state index in [2.05, 4.69) is 79.0 Å². The van der Waals surface area contributed by atoms with Gasteiger partial charge < -0.3 is 31.0 Å². The van der Waals surface area contributed by atoms with Crippen LogP contribution < -0.4 is 26.2 Å². The van der Waals surface area contributed by atoms with Crippen molar-refractivity contribution >= 4 is 70.7 Å². The molecule has 1 heterocycles. The van der Waals surface area contributed by atoms with Crippen LogP contribution in [0.2, 0.25) is 0 Å². The van der Waals surface area contributed by atoms with Gasteiger partial charge in [-0.05, 0) is 136 Å². The summed E-state index contributed by atoms with van der Waals surface area (Å²) in [5, 5.41) is 32.8. The number of hydrogen-bond donors (Lipinski definition) is 3. The summed E-state index contributed by atoms with van der Waals surface area (Å²) in [5.41, 5.74) is 4.93. The average molecular weight is 789 g/mol. The minimum Gasteiger partial charge on any atom is -0.872 e. The van der Waals surface area contributed by atoms with Crippen molar-refractivity contribution in [1.82, 2.24) is 15.0 Å². The van der Waals surface area contributed by atoms with Crippen LogP contribution in [0.15, 0.2) is 102 Å². The van der Waals surface area contributed by atoms with E-state index in [4.69, 9.17) is 0 Å². The van der Waals surface area contributed by atoms with Crippen LogP contribution in [0.1, 0.15) is 83.9 Å². The molecule has 3 N–H and O–H groups in total. The first-order valence-electron chi connectivity index (χ1n) is 20.1. The summed E-state index contributed by atoms with van der Waals surface area (Å²) in [6.07, 6.45) is 9.19. The Morgan fingerprint density at radius 2 is 0.949 bits per heavy atom. The molecule has 0 amide bonds. The maximum absolute atomic E-state index is 13.4. The molecular weight excluding hydrogens is 741 g/mol. The van der Waals surface area contributed by atoms with Gasteiger partial charge in [0.25, 0.3) is 0 Å². The molecule has 4 aliphatic rings. The van der Waals surface area contributed by atoms with Gasteiger partial charge in [-0.1, -0.05) is 77.9 Å². The molecule has 4 saturated carbocycles. The fourth-order valence-electron chi connectivity index (χ4n) is 9.89. The van der Waals surface area contributed by atoms with Crippen LogP contribution in [-0.2, 0) is 14.4 Å². The molecule has 4 atom stereocenters. The average Bonchev–Trinajstić information content (AvgIpc) is 3.67. The molecule has 1 aromatic heterocycles. The summed E-state index contributed by atoms with van der Waals surface area (Å²) in [4.78, 5) is 52.2. The van der Waals surface area contributed by atoms with Crippen LogP contribution in [0, 0.1) is 33.5 Å². The molecule has 302 valence electrons. The largest absolute Gasteiger partial charge is 0.872 e. The summed E-state index contributed by atoms with van der Waals surface area (Å²) >= 11 is 0. The topological polar surface area (TPSA) is 172 Å². The zero-order valence-electron chi connectivity index (χ0n) is 34.2. The number of carboxylic acids is 1. The fourth-order valence-corrected chi connectivity index (χ4v) is 9.89. The number of nitrogens with one attached hydrogen (secondary N) is 3. The van der Waals surface area contributed by atoms with Crippen LogP contribution in [-0.4, -0.2) is 32.5 Å². The van der Waals surface area contributed by atoms with Gasteiger partial charge in [0.15, 0.2) is 11.6 Å². The number of anilines is 6. The molecule has 0 spiro atoms. The smallest absolute Gasteiger partial charge is 0.233 e. The first-order chi connectivity index (χ1) is 27.9. The van der Waals surface area contributed by atoms with Crippen LogP contribution >= 0.6 is 0 Å². The molecule has 0 saturated heterocycles. The number of carbonyl (C=O) groups is 3. The van der Waals surface area contributed by atoms with Gasteiger partial charge in [0.1, 0.15) is 0 Å². The minimum atomic E-state index is -1.60. The van der Waals surface area contributed by atoms with Crippen molar-refractivity contribution in [3.05, 3.63) is 119 Å². The number of carboxylic acid groups (broad SMARTS) is 1. The SMILES string of the molecule is C=C([O-])/C(=C/c1ccc(Nc2nc(Nc3ccc(/C=C4/C(=O)C5(C)CCC4C5(C)C)cc3)nc(Nc3ccc(/C=C4/C(=O)C5(C)CCC4C5(C)C)cc3)n2)cc1)C(=O)[O-]. The number of aromatic nitrogens is 3. The number of ketones is 2. The van der Waals surface area contributed by atoms with Crippen molar-refractivity contribution in [1.29, 1.82) is 0 Å². The Bertz CT molecular complexity index is 2360. The number of Topliss-reactive ketones (excluding diaryl/α,β-unsaturated/α-hetero) is 2. The monoisotopic (exact) mass is 788 g/mol. The first-order valence-corrected chi connectivity index (χ1v) is 20.1. The first kappa shape index (κ1) is 39.5. The van der Waals surface area contributed by atoms with E-state index in [9.17, 15) is 24.6 Å². The highest BCUT2D eigenvalue weighted by Gasteiger charge is 2.64. The van der Waals surface area contributed by atoms with E-state index < -0.39 is 17.3 Å².